The quantitative estimate of drug-likeness (QED) is 0.221. The number of benzene rings is 2. The van der Waals surface area contributed by atoms with E-state index >= 15 is 0 Å². The van der Waals surface area contributed by atoms with Crippen molar-refractivity contribution in [2.24, 2.45) is 5.41 Å². The second-order valence-electron chi connectivity index (χ2n) is 10.6. The van der Waals surface area contributed by atoms with Crippen molar-refractivity contribution in [1.29, 1.82) is 0 Å². The first-order valence-electron chi connectivity index (χ1n) is 12.9. The third-order valence-electron chi connectivity index (χ3n) is 6.65. The Hall–Kier alpha value is -3.19. The van der Waals surface area contributed by atoms with Crippen LogP contribution >= 0.6 is 11.8 Å². The van der Waals surface area contributed by atoms with Crippen molar-refractivity contribution in [3.05, 3.63) is 81.7 Å². The monoisotopic (exact) mass is 517 g/mol. The molecular weight excluding hydrogens is 482 g/mol. The summed E-state index contributed by atoms with van der Waals surface area (Å²) in [5.41, 5.74) is 2.65. The van der Waals surface area contributed by atoms with Gasteiger partial charge in [0.25, 0.3) is 11.5 Å². The van der Waals surface area contributed by atoms with Gasteiger partial charge in [0, 0.05) is 17.5 Å². The van der Waals surface area contributed by atoms with Gasteiger partial charge in [-0.05, 0) is 55.9 Å². The number of allylic oxidation sites excluding steroid dienone is 1. The first-order chi connectivity index (χ1) is 17.7. The molecule has 0 fully saturated rings. The Bertz CT molecular complexity index is 1370. The zero-order chi connectivity index (χ0) is 26.4. The Morgan fingerprint density at radius 1 is 1.08 bits per heavy atom. The molecule has 7 heteroatoms. The van der Waals surface area contributed by atoms with Crippen LogP contribution < -0.4 is 10.9 Å². The lowest BCUT2D eigenvalue weighted by Crippen LogP contribution is -2.27. The predicted molar refractivity (Wildman–Crippen MR) is 150 cm³/mol. The average Bonchev–Trinajstić information content (AvgIpc) is 2.89. The van der Waals surface area contributed by atoms with Crippen LogP contribution in [-0.2, 0) is 11.3 Å². The van der Waals surface area contributed by atoms with Crippen molar-refractivity contribution >= 4 is 34.4 Å². The van der Waals surface area contributed by atoms with Crippen LogP contribution in [0.1, 0.15) is 68.8 Å². The summed E-state index contributed by atoms with van der Waals surface area (Å²) in [6.45, 7) is 6.60. The third kappa shape index (κ3) is 6.98. The maximum atomic E-state index is 13.5. The van der Waals surface area contributed by atoms with Crippen molar-refractivity contribution in [1.82, 2.24) is 14.9 Å². The van der Waals surface area contributed by atoms with Crippen LogP contribution in [0.4, 0.5) is 0 Å². The summed E-state index contributed by atoms with van der Waals surface area (Å²) in [4.78, 5) is 43.8. The molecule has 0 atom stereocenters. The summed E-state index contributed by atoms with van der Waals surface area (Å²) in [5, 5.41) is 3.92. The van der Waals surface area contributed by atoms with E-state index in [0.29, 0.717) is 34.7 Å². The number of hydrogen-bond acceptors (Lipinski definition) is 5. The molecule has 4 rings (SSSR count). The Kier molecular flexibility index (Phi) is 8.64. The molecule has 1 N–H and O–H groups in total. The van der Waals surface area contributed by atoms with E-state index in [4.69, 9.17) is 4.98 Å². The molecule has 37 heavy (non-hydrogen) atoms. The van der Waals surface area contributed by atoms with E-state index in [9.17, 15) is 14.4 Å². The van der Waals surface area contributed by atoms with Crippen molar-refractivity contribution in [2.45, 2.75) is 64.6 Å². The summed E-state index contributed by atoms with van der Waals surface area (Å²) < 4.78 is 1.62. The number of fused-ring (bicyclic) bond motifs is 1. The van der Waals surface area contributed by atoms with E-state index in [1.165, 1.54) is 30.2 Å². The van der Waals surface area contributed by atoms with Crippen LogP contribution in [0.2, 0.25) is 0 Å². The van der Waals surface area contributed by atoms with Gasteiger partial charge in [-0.15, -0.1) is 0 Å². The fourth-order valence-electron chi connectivity index (χ4n) is 4.27. The van der Waals surface area contributed by atoms with Gasteiger partial charge >= 0.3 is 0 Å². The minimum absolute atomic E-state index is 0.0827. The van der Waals surface area contributed by atoms with Gasteiger partial charge in [0.2, 0.25) is 0 Å². The van der Waals surface area contributed by atoms with E-state index in [-0.39, 0.29) is 23.0 Å². The summed E-state index contributed by atoms with van der Waals surface area (Å²) in [5.74, 6) is 0.122. The molecule has 1 amide bonds. The molecule has 0 saturated heterocycles. The number of nitrogens with one attached hydrogen (secondary N) is 1. The summed E-state index contributed by atoms with van der Waals surface area (Å²) >= 11 is 1.27. The number of carbonyl (C=O) groups excluding carboxylic acids is 2. The number of hydrogen-bond donors (Lipinski definition) is 1. The normalized spacial score (nSPS) is 13.9. The van der Waals surface area contributed by atoms with Gasteiger partial charge in [0.15, 0.2) is 5.16 Å². The zero-order valence-electron chi connectivity index (χ0n) is 21.9. The predicted octanol–water partition coefficient (Wildman–Crippen LogP) is 5.77. The number of rotatable bonds is 9. The fourth-order valence-corrected chi connectivity index (χ4v) is 5.43. The van der Waals surface area contributed by atoms with Gasteiger partial charge < -0.3 is 5.32 Å². The maximum Gasteiger partial charge on any atom is 0.262 e. The molecule has 0 aliphatic heterocycles. The van der Waals surface area contributed by atoms with Crippen LogP contribution in [0.15, 0.2) is 70.1 Å². The van der Waals surface area contributed by atoms with Crippen LogP contribution in [0.25, 0.3) is 10.9 Å². The maximum absolute atomic E-state index is 13.5. The molecule has 0 unspecified atom stereocenters. The van der Waals surface area contributed by atoms with Crippen molar-refractivity contribution in [2.75, 3.05) is 12.3 Å². The van der Waals surface area contributed by atoms with Crippen molar-refractivity contribution in [3.8, 4) is 0 Å². The van der Waals surface area contributed by atoms with Gasteiger partial charge in [-0.2, -0.15) is 0 Å². The highest BCUT2D eigenvalue weighted by molar-refractivity contribution is 7.99. The Balaban J connectivity index is 1.60. The highest BCUT2D eigenvalue weighted by Gasteiger charge is 2.23. The second-order valence-corrected chi connectivity index (χ2v) is 11.5. The Labute approximate surface area is 222 Å². The lowest BCUT2D eigenvalue weighted by atomic mass is 9.92. The molecular formula is C30H35N3O3S. The average molecular weight is 518 g/mol. The van der Waals surface area contributed by atoms with Gasteiger partial charge in [0.1, 0.15) is 5.78 Å². The number of nitrogens with zero attached hydrogens (tertiary/aromatic N) is 2. The summed E-state index contributed by atoms with van der Waals surface area (Å²) in [6, 6.07) is 14.8. The van der Waals surface area contributed by atoms with Crippen molar-refractivity contribution < 1.29 is 9.59 Å². The molecule has 6 nitrogen and oxygen atoms in total. The lowest BCUT2D eigenvalue weighted by Gasteiger charge is -2.17. The molecule has 194 valence electrons. The Morgan fingerprint density at radius 2 is 1.86 bits per heavy atom. The van der Waals surface area contributed by atoms with E-state index in [1.54, 1.807) is 22.8 Å². The van der Waals surface area contributed by atoms with Crippen LogP contribution in [0.3, 0.4) is 0 Å². The van der Waals surface area contributed by atoms with E-state index in [2.05, 4.69) is 11.4 Å². The molecule has 0 bridgehead atoms. The zero-order valence-corrected chi connectivity index (χ0v) is 22.7. The van der Waals surface area contributed by atoms with Crippen molar-refractivity contribution in [3.63, 3.8) is 0 Å². The van der Waals surface area contributed by atoms with Crippen LogP contribution in [0, 0.1) is 5.41 Å². The molecule has 1 heterocycles. The number of amides is 1. The minimum atomic E-state index is -0.479. The minimum Gasteiger partial charge on any atom is -0.352 e. The Morgan fingerprint density at radius 3 is 2.57 bits per heavy atom. The molecule has 0 radical (unpaired) electrons. The first-order valence-corrected chi connectivity index (χ1v) is 13.9. The molecule has 0 spiro atoms. The summed E-state index contributed by atoms with van der Waals surface area (Å²) in [6.07, 6.45) is 7.87. The number of thioether (sulfide) groups is 1. The lowest BCUT2D eigenvalue weighted by molar-refractivity contribution is -0.123. The first kappa shape index (κ1) is 26.9. The van der Waals surface area contributed by atoms with Gasteiger partial charge in [-0.3, -0.25) is 19.0 Å². The van der Waals surface area contributed by atoms with Gasteiger partial charge in [-0.1, -0.05) is 74.5 Å². The number of aromatic nitrogens is 2. The molecule has 1 aliphatic rings. The largest absolute Gasteiger partial charge is 0.352 e. The highest BCUT2D eigenvalue weighted by atomic mass is 32.2. The highest BCUT2D eigenvalue weighted by Crippen LogP contribution is 2.24. The molecule has 0 saturated carbocycles. The van der Waals surface area contributed by atoms with Crippen LogP contribution in [-0.4, -0.2) is 33.5 Å². The number of carbonyl (C=O) groups is 2. The van der Waals surface area contributed by atoms with E-state index in [0.717, 1.165) is 24.8 Å². The van der Waals surface area contributed by atoms with Gasteiger partial charge in [-0.25, -0.2) is 4.98 Å². The standard InChI is InChI=1S/C30H35N3O3S/c1-30(2,3)26(34)20-37-29-32-25-18-23(27(35)31-17-16-21-10-6-4-7-11-21)14-15-24(25)28(36)33(29)19-22-12-8-5-9-13-22/h5,8-10,12-15,18H,4,6-7,11,16-17,19-20H2,1-3H3,(H,31,35). The van der Waals surface area contributed by atoms with Gasteiger partial charge in [0.05, 0.1) is 23.2 Å². The second kappa shape index (κ2) is 11.9. The fraction of sp³-hybridized carbons (Fsp3) is 0.400. The number of Topliss-reactive ketones (excluding diaryl/α,β-unsaturated/α-hetero) is 1. The SMILES string of the molecule is CC(C)(C)C(=O)CSc1nc2cc(C(=O)NCCC3=CCCCC3)ccc2c(=O)n1Cc1ccccc1. The summed E-state index contributed by atoms with van der Waals surface area (Å²) in [7, 11) is 0. The topological polar surface area (TPSA) is 81.1 Å². The number of ketones is 1. The molecule has 1 aromatic heterocycles. The molecule has 3 aromatic rings. The third-order valence-corrected chi connectivity index (χ3v) is 7.63. The molecule has 1 aliphatic carbocycles. The van der Waals surface area contributed by atoms with E-state index in [1.807, 2.05) is 51.1 Å². The molecule has 2 aromatic carbocycles. The smallest absolute Gasteiger partial charge is 0.262 e. The van der Waals surface area contributed by atoms with E-state index < -0.39 is 5.41 Å². The van der Waals surface area contributed by atoms with Crippen LogP contribution in [0.5, 0.6) is 0 Å².